The Morgan fingerprint density at radius 1 is 0.138 bits per heavy atom. The summed E-state index contributed by atoms with van der Waals surface area (Å²) in [5, 5.41) is 0. The first kappa shape index (κ1) is 58.0. The number of unbranched alkanes of at least 4 members (excludes halogenated alkanes) is 45. The zero-order chi connectivity index (χ0) is 42.0. The van der Waals surface area contributed by atoms with Crippen molar-refractivity contribution in [2.24, 2.45) is 0 Å². The third-order valence-corrected chi connectivity index (χ3v) is 14.2. The molecule has 0 amide bonds. The molecule has 0 aliphatic rings. The molecule has 58 heavy (non-hydrogen) atoms. The third-order valence-electron chi connectivity index (χ3n) is 14.2. The Kier molecular flexibility index (Phi) is 51.3. The van der Waals surface area contributed by atoms with Crippen LogP contribution in [0.3, 0.4) is 0 Å². The van der Waals surface area contributed by atoms with E-state index in [1.165, 1.54) is 345 Å². The summed E-state index contributed by atoms with van der Waals surface area (Å²) >= 11 is 0. The van der Waals surface area contributed by atoms with E-state index in [1.54, 1.807) is 0 Å². The highest BCUT2D eigenvalue weighted by Crippen LogP contribution is 2.22. The zero-order valence-electron chi connectivity index (χ0n) is 41.9. The summed E-state index contributed by atoms with van der Waals surface area (Å²) in [7, 11) is 0. The van der Waals surface area contributed by atoms with Crippen molar-refractivity contribution in [3.8, 4) is 0 Å². The van der Waals surface area contributed by atoms with Crippen LogP contribution in [0.15, 0.2) is 0 Å². The van der Waals surface area contributed by atoms with Gasteiger partial charge in [-0.05, 0) is 51.4 Å². The van der Waals surface area contributed by atoms with Crippen LogP contribution in [-0.4, -0.2) is 30.7 Å². The minimum absolute atomic E-state index is 1.37. The van der Waals surface area contributed by atoms with Crippen LogP contribution in [0.5, 0.6) is 0 Å². The molecule has 350 valence electrons. The van der Waals surface area contributed by atoms with Gasteiger partial charge in [0.15, 0.2) is 0 Å². The quantitative estimate of drug-likeness (QED) is 0.0424. The maximum Gasteiger partial charge on any atom is 0.0786 e. The van der Waals surface area contributed by atoms with E-state index in [0.717, 1.165) is 0 Å². The lowest BCUT2D eigenvalue weighted by Gasteiger charge is -2.40. The number of hydrogen-bond acceptors (Lipinski definition) is 0. The molecule has 0 heterocycles. The Morgan fingerprint density at radius 2 is 0.241 bits per heavy atom. The van der Waals surface area contributed by atoms with Crippen LogP contribution >= 0.6 is 0 Å². The second-order valence-electron chi connectivity index (χ2n) is 20.1. The molecule has 0 aromatic rings. The molecule has 0 rings (SSSR count). The first-order valence-electron chi connectivity index (χ1n) is 28.6. The average molecular weight is 818 g/mol. The molecule has 0 spiro atoms. The van der Waals surface area contributed by atoms with Crippen molar-refractivity contribution in [3.63, 3.8) is 0 Å². The Hall–Kier alpha value is -0.0400. The SMILES string of the molecule is CCCCCCCCCCCCCCCC[N+](CCCCCCCCC)(CCCCCCCCCCCCCCCC)CCCCCCCCCCCCCCCC. The van der Waals surface area contributed by atoms with Gasteiger partial charge in [-0.15, -0.1) is 0 Å². The molecule has 1 nitrogen and oxygen atoms in total. The summed E-state index contributed by atoms with van der Waals surface area (Å²) < 4.78 is 1.49. The van der Waals surface area contributed by atoms with Crippen LogP contribution in [0.2, 0.25) is 0 Å². The summed E-state index contributed by atoms with van der Waals surface area (Å²) in [6.45, 7) is 15.3. The van der Waals surface area contributed by atoms with Crippen molar-refractivity contribution in [1.82, 2.24) is 0 Å². The van der Waals surface area contributed by atoms with Gasteiger partial charge in [0, 0.05) is 0 Å². The molecule has 0 bridgehead atoms. The maximum absolute atomic E-state index is 2.36. The number of nitrogens with zero attached hydrogens (tertiary/aromatic N) is 1. The fourth-order valence-electron chi connectivity index (χ4n) is 10.0. The molecule has 0 radical (unpaired) electrons. The van der Waals surface area contributed by atoms with Crippen LogP contribution in [0.25, 0.3) is 0 Å². The van der Waals surface area contributed by atoms with Crippen molar-refractivity contribution in [2.45, 2.75) is 342 Å². The maximum atomic E-state index is 2.36. The topological polar surface area (TPSA) is 0 Å². The molecule has 0 atom stereocenters. The molecule has 0 aliphatic carbocycles. The van der Waals surface area contributed by atoms with Crippen molar-refractivity contribution in [1.29, 1.82) is 0 Å². The van der Waals surface area contributed by atoms with Crippen LogP contribution in [0, 0.1) is 0 Å². The van der Waals surface area contributed by atoms with E-state index < -0.39 is 0 Å². The van der Waals surface area contributed by atoms with Crippen LogP contribution < -0.4 is 0 Å². The Morgan fingerprint density at radius 3 is 0.362 bits per heavy atom. The summed E-state index contributed by atoms with van der Waals surface area (Å²) in [4.78, 5) is 0. The lowest BCUT2D eigenvalue weighted by atomic mass is 10.0. The van der Waals surface area contributed by atoms with Crippen molar-refractivity contribution >= 4 is 0 Å². The van der Waals surface area contributed by atoms with Gasteiger partial charge in [-0.25, -0.2) is 0 Å². The first-order valence-corrected chi connectivity index (χ1v) is 28.6. The van der Waals surface area contributed by atoms with Gasteiger partial charge in [0.1, 0.15) is 0 Å². The van der Waals surface area contributed by atoms with E-state index >= 15 is 0 Å². The van der Waals surface area contributed by atoms with Gasteiger partial charge in [0.05, 0.1) is 26.2 Å². The monoisotopic (exact) mass is 817 g/mol. The molecular formula is C57H118N+. The van der Waals surface area contributed by atoms with E-state index in [-0.39, 0.29) is 0 Å². The van der Waals surface area contributed by atoms with Gasteiger partial charge in [-0.3, -0.25) is 0 Å². The Balaban J connectivity index is 4.78. The first-order chi connectivity index (χ1) is 28.7. The van der Waals surface area contributed by atoms with Crippen molar-refractivity contribution in [3.05, 3.63) is 0 Å². The average Bonchev–Trinajstić information content (AvgIpc) is 3.23. The third kappa shape index (κ3) is 45.5. The largest absolute Gasteiger partial charge is 0.324 e. The molecule has 0 unspecified atom stereocenters. The Labute approximate surface area is 371 Å². The molecule has 0 saturated heterocycles. The highest BCUT2D eigenvalue weighted by molar-refractivity contribution is 4.57. The lowest BCUT2D eigenvalue weighted by molar-refractivity contribution is -0.929. The minimum atomic E-state index is 1.37. The smallest absolute Gasteiger partial charge is 0.0786 e. The fraction of sp³-hybridized carbons (Fsp3) is 1.00. The summed E-state index contributed by atoms with van der Waals surface area (Å²) in [5.41, 5.74) is 0. The van der Waals surface area contributed by atoms with Gasteiger partial charge >= 0.3 is 0 Å². The highest BCUT2D eigenvalue weighted by Gasteiger charge is 2.25. The molecule has 0 fully saturated rings. The summed E-state index contributed by atoms with van der Waals surface area (Å²) in [6, 6.07) is 0. The fourth-order valence-corrected chi connectivity index (χ4v) is 10.0. The molecule has 0 aromatic heterocycles. The van der Waals surface area contributed by atoms with Crippen molar-refractivity contribution in [2.75, 3.05) is 26.2 Å². The van der Waals surface area contributed by atoms with Crippen LogP contribution in [0.4, 0.5) is 0 Å². The molecule has 1 heteroatoms. The molecule has 0 N–H and O–H groups in total. The number of hydrogen-bond donors (Lipinski definition) is 0. The van der Waals surface area contributed by atoms with E-state index in [4.69, 9.17) is 0 Å². The van der Waals surface area contributed by atoms with Crippen LogP contribution in [-0.2, 0) is 0 Å². The van der Waals surface area contributed by atoms with Gasteiger partial charge < -0.3 is 4.48 Å². The van der Waals surface area contributed by atoms with Gasteiger partial charge in [0.2, 0.25) is 0 Å². The van der Waals surface area contributed by atoms with Crippen molar-refractivity contribution < 1.29 is 4.48 Å². The highest BCUT2D eigenvalue weighted by atomic mass is 15.3. The normalized spacial score (nSPS) is 12.0. The minimum Gasteiger partial charge on any atom is -0.324 e. The van der Waals surface area contributed by atoms with Gasteiger partial charge in [-0.1, -0.05) is 291 Å². The standard InChI is InChI=1S/C57H118N/c1-5-9-13-17-21-24-27-30-33-36-39-43-47-51-55-58(54-50-46-42-20-16-12-8-4,56-52-48-44-40-37-34-31-28-25-22-18-14-10-6-2)57-53-49-45-41-38-35-32-29-26-23-19-15-11-7-3/h5-57H2,1-4H3/q+1. The molecular weight excluding hydrogens is 699 g/mol. The second kappa shape index (κ2) is 51.3. The summed E-state index contributed by atoms with van der Waals surface area (Å²) in [6.07, 6.45) is 72.2. The second-order valence-corrected chi connectivity index (χ2v) is 20.1. The zero-order valence-corrected chi connectivity index (χ0v) is 41.9. The van der Waals surface area contributed by atoms with Gasteiger partial charge in [0.25, 0.3) is 0 Å². The van der Waals surface area contributed by atoms with E-state index in [0.29, 0.717) is 0 Å². The molecule has 0 aromatic carbocycles. The number of rotatable bonds is 53. The predicted molar refractivity (Wildman–Crippen MR) is 269 cm³/mol. The van der Waals surface area contributed by atoms with Gasteiger partial charge in [-0.2, -0.15) is 0 Å². The lowest BCUT2D eigenvalue weighted by Crippen LogP contribution is -2.50. The Bertz CT molecular complexity index is 621. The molecule has 0 aliphatic heterocycles. The summed E-state index contributed by atoms with van der Waals surface area (Å²) in [5.74, 6) is 0. The van der Waals surface area contributed by atoms with Crippen LogP contribution in [0.1, 0.15) is 342 Å². The van der Waals surface area contributed by atoms with E-state index in [9.17, 15) is 0 Å². The van der Waals surface area contributed by atoms with E-state index in [2.05, 4.69) is 27.7 Å². The molecule has 0 saturated carbocycles. The predicted octanol–water partition coefficient (Wildman–Crippen LogP) is 21.0. The number of quaternary nitrogens is 1. The van der Waals surface area contributed by atoms with E-state index in [1.807, 2.05) is 0 Å².